The fourth-order valence-electron chi connectivity index (χ4n) is 2.80. The molecule has 1 aromatic carbocycles. The monoisotopic (exact) mass is 364 g/mol. The van der Waals surface area contributed by atoms with Gasteiger partial charge in [0.25, 0.3) is 11.7 Å². The van der Waals surface area contributed by atoms with E-state index in [1.807, 2.05) is 30.3 Å². The van der Waals surface area contributed by atoms with E-state index in [1.165, 1.54) is 7.11 Å². The second-order valence-corrected chi connectivity index (χ2v) is 6.01. The third-order valence-corrected chi connectivity index (χ3v) is 4.19. The number of pyridine rings is 1. The molecule has 0 aliphatic carbocycles. The largest absolute Gasteiger partial charge is 0.481 e. The van der Waals surface area contributed by atoms with Crippen molar-refractivity contribution in [3.05, 3.63) is 71.2 Å². The number of nitrogens with zero attached hydrogens (tertiary/aromatic N) is 3. The summed E-state index contributed by atoms with van der Waals surface area (Å²) in [5.74, 6) is -0.793. The summed E-state index contributed by atoms with van der Waals surface area (Å²) in [6, 6.07) is 12.9. The van der Waals surface area contributed by atoms with E-state index in [4.69, 9.17) is 4.74 Å². The molecule has 0 spiro atoms. The smallest absolute Gasteiger partial charge is 0.292 e. The maximum atomic E-state index is 12.7. The molecule has 0 aliphatic heterocycles. The first-order valence-electron chi connectivity index (χ1n) is 8.44. The first-order valence-corrected chi connectivity index (χ1v) is 8.44. The predicted molar refractivity (Wildman–Crippen MR) is 100 cm³/mol. The van der Waals surface area contributed by atoms with Crippen molar-refractivity contribution >= 4 is 11.7 Å². The maximum absolute atomic E-state index is 12.7. The zero-order valence-electron chi connectivity index (χ0n) is 15.4. The molecule has 0 aliphatic rings. The number of nitrogens with one attached hydrogen (secondary N) is 1. The van der Waals surface area contributed by atoms with E-state index >= 15 is 0 Å². The first-order chi connectivity index (χ1) is 13.0. The van der Waals surface area contributed by atoms with Crippen LogP contribution in [0.5, 0.6) is 5.88 Å². The van der Waals surface area contributed by atoms with Gasteiger partial charge in [0.2, 0.25) is 5.88 Å². The zero-order chi connectivity index (χ0) is 19.4. The van der Waals surface area contributed by atoms with Crippen molar-refractivity contribution in [1.29, 1.82) is 0 Å². The number of methoxy groups -OCH3 is 1. The minimum atomic E-state index is -0.676. The first kappa shape index (κ1) is 18.3. The van der Waals surface area contributed by atoms with Gasteiger partial charge in [-0.2, -0.15) is 5.10 Å². The van der Waals surface area contributed by atoms with Gasteiger partial charge in [0.15, 0.2) is 0 Å². The van der Waals surface area contributed by atoms with E-state index in [1.54, 1.807) is 36.9 Å². The second kappa shape index (κ2) is 7.82. The number of hydrogen-bond donors (Lipinski definition) is 1. The molecular formula is C20H20N4O3. The lowest BCUT2D eigenvalue weighted by atomic mass is 10.1. The number of carbonyl (C=O) groups is 2. The summed E-state index contributed by atoms with van der Waals surface area (Å²) < 4.78 is 6.66. The van der Waals surface area contributed by atoms with Crippen LogP contribution >= 0.6 is 0 Å². The van der Waals surface area contributed by atoms with Gasteiger partial charge in [-0.3, -0.25) is 9.59 Å². The molecular weight excluding hydrogens is 344 g/mol. The molecule has 7 nitrogen and oxygen atoms in total. The van der Waals surface area contributed by atoms with Crippen molar-refractivity contribution in [2.75, 3.05) is 7.11 Å². The Labute approximate surface area is 157 Å². The summed E-state index contributed by atoms with van der Waals surface area (Å²) in [6.45, 7) is 3.70. The van der Waals surface area contributed by atoms with Gasteiger partial charge in [-0.1, -0.05) is 24.3 Å². The third kappa shape index (κ3) is 3.87. The number of rotatable bonds is 6. The van der Waals surface area contributed by atoms with Crippen LogP contribution in [0.2, 0.25) is 0 Å². The lowest BCUT2D eigenvalue weighted by Crippen LogP contribution is -2.31. The van der Waals surface area contributed by atoms with E-state index in [0.29, 0.717) is 22.8 Å². The van der Waals surface area contributed by atoms with Crippen molar-refractivity contribution in [2.24, 2.45) is 0 Å². The van der Waals surface area contributed by atoms with Crippen LogP contribution in [0.25, 0.3) is 5.69 Å². The summed E-state index contributed by atoms with van der Waals surface area (Å²) in [5.41, 5.74) is 3.07. The number of hydrogen-bond acceptors (Lipinski definition) is 5. The standard InChI is InChI=1S/C20H20N4O3/c1-13-18(14(2)24(23-13)16-7-5-4-6-8-16)19(25)20(26)22-12-15-9-10-17(27-3)21-11-15/h4-11H,12H2,1-3H3,(H,22,26). The van der Waals surface area contributed by atoms with Crippen molar-refractivity contribution in [3.63, 3.8) is 0 Å². The number of carbonyl (C=O) groups excluding carboxylic acids is 2. The molecule has 1 amide bonds. The average Bonchev–Trinajstić information content (AvgIpc) is 3.00. The molecule has 138 valence electrons. The van der Waals surface area contributed by atoms with Crippen LogP contribution in [-0.4, -0.2) is 33.6 Å². The van der Waals surface area contributed by atoms with Gasteiger partial charge in [0.1, 0.15) is 0 Å². The van der Waals surface area contributed by atoms with Crippen LogP contribution in [-0.2, 0) is 11.3 Å². The Balaban J connectivity index is 1.75. The fourth-order valence-corrected chi connectivity index (χ4v) is 2.80. The minimum absolute atomic E-state index is 0.201. The SMILES string of the molecule is COc1ccc(CNC(=O)C(=O)c2c(C)nn(-c3ccccc3)c2C)cn1. The number of ether oxygens (including phenoxy) is 1. The molecule has 1 N–H and O–H groups in total. The highest BCUT2D eigenvalue weighted by Crippen LogP contribution is 2.18. The summed E-state index contributed by atoms with van der Waals surface area (Å²) in [7, 11) is 1.53. The highest BCUT2D eigenvalue weighted by molar-refractivity contribution is 6.43. The Hall–Kier alpha value is -3.48. The molecule has 0 radical (unpaired) electrons. The lowest BCUT2D eigenvalue weighted by molar-refractivity contribution is -0.117. The molecule has 3 aromatic rings. The Morgan fingerprint density at radius 2 is 1.85 bits per heavy atom. The van der Waals surface area contributed by atoms with Crippen LogP contribution in [0.3, 0.4) is 0 Å². The van der Waals surface area contributed by atoms with Gasteiger partial charge in [-0.05, 0) is 31.5 Å². The number of benzene rings is 1. The van der Waals surface area contributed by atoms with Gasteiger partial charge >= 0.3 is 0 Å². The van der Waals surface area contributed by atoms with Crippen LogP contribution in [0, 0.1) is 13.8 Å². The van der Waals surface area contributed by atoms with E-state index < -0.39 is 11.7 Å². The lowest BCUT2D eigenvalue weighted by Gasteiger charge is -2.06. The third-order valence-electron chi connectivity index (χ3n) is 4.19. The molecule has 2 heterocycles. The molecule has 3 rings (SSSR count). The van der Waals surface area contributed by atoms with Gasteiger partial charge in [0.05, 0.1) is 29.7 Å². The Bertz CT molecular complexity index is 963. The van der Waals surface area contributed by atoms with Gasteiger partial charge < -0.3 is 10.1 Å². The van der Waals surface area contributed by atoms with Crippen molar-refractivity contribution in [2.45, 2.75) is 20.4 Å². The number of para-hydroxylation sites is 1. The molecule has 27 heavy (non-hydrogen) atoms. The van der Waals surface area contributed by atoms with Crippen LogP contribution in [0.4, 0.5) is 0 Å². The Morgan fingerprint density at radius 3 is 2.48 bits per heavy atom. The molecule has 7 heteroatoms. The van der Waals surface area contributed by atoms with Gasteiger partial charge in [-0.25, -0.2) is 9.67 Å². The van der Waals surface area contributed by atoms with Gasteiger partial charge in [-0.15, -0.1) is 0 Å². The topological polar surface area (TPSA) is 86.1 Å². The molecule has 0 atom stereocenters. The van der Waals surface area contributed by atoms with E-state index in [-0.39, 0.29) is 6.54 Å². The number of aryl methyl sites for hydroxylation is 1. The van der Waals surface area contributed by atoms with Crippen LogP contribution in [0.1, 0.15) is 27.3 Å². The van der Waals surface area contributed by atoms with E-state index in [2.05, 4.69) is 15.4 Å². The van der Waals surface area contributed by atoms with Crippen molar-refractivity contribution in [3.8, 4) is 11.6 Å². The maximum Gasteiger partial charge on any atom is 0.292 e. The van der Waals surface area contributed by atoms with Crippen LogP contribution in [0.15, 0.2) is 48.7 Å². The Morgan fingerprint density at radius 1 is 1.11 bits per heavy atom. The number of Topliss-reactive ketones (excluding diaryl/α,β-unsaturated/α-hetero) is 1. The van der Waals surface area contributed by atoms with E-state index in [9.17, 15) is 9.59 Å². The molecule has 0 saturated heterocycles. The van der Waals surface area contributed by atoms with Crippen molar-refractivity contribution < 1.29 is 14.3 Å². The molecule has 0 fully saturated rings. The minimum Gasteiger partial charge on any atom is -0.481 e. The van der Waals surface area contributed by atoms with Crippen molar-refractivity contribution in [1.82, 2.24) is 20.1 Å². The highest BCUT2D eigenvalue weighted by atomic mass is 16.5. The Kier molecular flexibility index (Phi) is 5.30. The second-order valence-electron chi connectivity index (χ2n) is 6.01. The summed E-state index contributed by atoms with van der Waals surface area (Å²) >= 11 is 0. The average molecular weight is 364 g/mol. The number of ketones is 1. The summed E-state index contributed by atoms with van der Waals surface area (Å²) in [4.78, 5) is 29.1. The highest BCUT2D eigenvalue weighted by Gasteiger charge is 2.24. The van der Waals surface area contributed by atoms with Gasteiger partial charge in [0, 0.05) is 18.8 Å². The zero-order valence-corrected chi connectivity index (χ0v) is 15.4. The number of amides is 1. The number of aromatic nitrogens is 3. The molecule has 0 bridgehead atoms. The quantitative estimate of drug-likeness (QED) is 0.536. The molecule has 2 aromatic heterocycles. The molecule has 0 unspecified atom stereocenters. The predicted octanol–water partition coefficient (Wildman–Crippen LogP) is 2.39. The fraction of sp³-hybridized carbons (Fsp3) is 0.200. The normalized spacial score (nSPS) is 10.5. The molecule has 0 saturated carbocycles. The summed E-state index contributed by atoms with van der Waals surface area (Å²) in [6.07, 6.45) is 1.59. The van der Waals surface area contributed by atoms with Crippen LogP contribution < -0.4 is 10.1 Å². The summed E-state index contributed by atoms with van der Waals surface area (Å²) in [5, 5.41) is 7.05. The van der Waals surface area contributed by atoms with E-state index in [0.717, 1.165) is 11.3 Å².